The summed E-state index contributed by atoms with van der Waals surface area (Å²) in [6.07, 6.45) is 4.43. The van der Waals surface area contributed by atoms with E-state index in [1.54, 1.807) is 6.07 Å². The van der Waals surface area contributed by atoms with Crippen LogP contribution in [0.3, 0.4) is 0 Å². The molecule has 0 N–H and O–H groups in total. The first-order chi connectivity index (χ1) is 12.1. The van der Waals surface area contributed by atoms with Crippen molar-refractivity contribution in [2.45, 2.75) is 51.3 Å². The zero-order chi connectivity index (χ0) is 17.4. The molecular weight excluding hydrogens is 318 g/mol. The van der Waals surface area contributed by atoms with Gasteiger partial charge in [0.2, 0.25) is 5.91 Å². The summed E-state index contributed by atoms with van der Waals surface area (Å²) < 4.78 is 7.15. The number of fused-ring (bicyclic) bond motifs is 2. The Morgan fingerprint density at radius 3 is 2.84 bits per heavy atom. The van der Waals surface area contributed by atoms with Gasteiger partial charge in [0.1, 0.15) is 6.54 Å². The fraction of sp³-hybridized carbons (Fsp3) is 0.526. The van der Waals surface area contributed by atoms with Gasteiger partial charge >= 0.3 is 0 Å². The van der Waals surface area contributed by atoms with E-state index in [1.807, 2.05) is 30.0 Å². The molecule has 2 atom stereocenters. The van der Waals surface area contributed by atoms with Gasteiger partial charge in [-0.1, -0.05) is 31.0 Å². The van der Waals surface area contributed by atoms with E-state index >= 15 is 0 Å². The van der Waals surface area contributed by atoms with Gasteiger partial charge in [-0.15, -0.1) is 0 Å². The Morgan fingerprint density at radius 1 is 1.24 bits per heavy atom. The third kappa shape index (κ3) is 2.95. The fourth-order valence-electron chi connectivity index (χ4n) is 4.14. The molecule has 1 amide bonds. The third-order valence-corrected chi connectivity index (χ3v) is 5.39. The Hall–Kier alpha value is -2.21. The first kappa shape index (κ1) is 16.3. The zero-order valence-electron chi connectivity index (χ0n) is 14.5. The maximum absolute atomic E-state index is 12.9. The minimum atomic E-state index is -0.206. The molecule has 2 aromatic rings. The van der Waals surface area contributed by atoms with E-state index in [2.05, 4.69) is 5.10 Å². The van der Waals surface area contributed by atoms with Crippen LogP contribution in [0.1, 0.15) is 31.4 Å². The first-order valence-corrected chi connectivity index (χ1v) is 9.02. The minimum Gasteiger partial charge on any atom is -0.374 e. The average Bonchev–Trinajstić information content (AvgIpc) is 2.65. The van der Waals surface area contributed by atoms with Crippen LogP contribution < -0.4 is 5.56 Å². The first-order valence-electron chi connectivity index (χ1n) is 9.02. The molecule has 1 aromatic heterocycles. The van der Waals surface area contributed by atoms with Crippen LogP contribution in [0, 0.1) is 6.92 Å². The molecular formula is C19H23N3O3. The lowest BCUT2D eigenvalue weighted by Gasteiger charge is -2.43. The predicted octanol–water partition coefficient (Wildman–Crippen LogP) is 1.87. The number of aromatic nitrogens is 2. The summed E-state index contributed by atoms with van der Waals surface area (Å²) in [5, 5.41) is 5.82. The van der Waals surface area contributed by atoms with Gasteiger partial charge < -0.3 is 9.64 Å². The number of rotatable bonds is 2. The van der Waals surface area contributed by atoms with Gasteiger partial charge in [-0.2, -0.15) is 5.10 Å². The number of benzene rings is 1. The summed E-state index contributed by atoms with van der Waals surface area (Å²) in [5.41, 5.74) is 0.559. The molecule has 0 bridgehead atoms. The van der Waals surface area contributed by atoms with Crippen LogP contribution in [-0.2, 0) is 16.1 Å². The molecule has 1 aliphatic heterocycles. The minimum absolute atomic E-state index is 0.00622. The second-order valence-electron chi connectivity index (χ2n) is 6.94. The molecule has 132 valence electrons. The zero-order valence-corrected chi connectivity index (χ0v) is 14.5. The summed E-state index contributed by atoms with van der Waals surface area (Å²) in [6.45, 7) is 3.04. The SMILES string of the molecule is Cc1nn(CC(=O)N2CCO[C@@H]3CCCC[C@H]32)c(=O)c2ccccc12. The summed E-state index contributed by atoms with van der Waals surface area (Å²) in [4.78, 5) is 27.5. The maximum Gasteiger partial charge on any atom is 0.275 e. The van der Waals surface area contributed by atoms with Crippen LogP contribution >= 0.6 is 0 Å². The van der Waals surface area contributed by atoms with Crippen molar-refractivity contribution >= 4 is 16.7 Å². The Kier molecular flexibility index (Phi) is 4.29. The number of carbonyl (C=O) groups excluding carboxylic acids is 1. The quantitative estimate of drug-likeness (QED) is 0.836. The summed E-state index contributed by atoms with van der Waals surface area (Å²) in [7, 11) is 0. The van der Waals surface area contributed by atoms with Crippen molar-refractivity contribution in [1.82, 2.24) is 14.7 Å². The highest BCUT2D eigenvalue weighted by Crippen LogP contribution is 2.28. The molecule has 6 nitrogen and oxygen atoms in total. The summed E-state index contributed by atoms with van der Waals surface area (Å²) in [6, 6.07) is 7.55. The third-order valence-electron chi connectivity index (χ3n) is 5.39. The van der Waals surface area contributed by atoms with Gasteiger partial charge in [-0.3, -0.25) is 9.59 Å². The van der Waals surface area contributed by atoms with Crippen molar-refractivity contribution in [2.75, 3.05) is 13.2 Å². The molecule has 1 saturated carbocycles. The summed E-state index contributed by atoms with van der Waals surface area (Å²) >= 11 is 0. The standard InChI is InChI=1S/C19H23N3O3/c1-13-14-6-2-3-7-15(14)19(24)22(20-13)12-18(23)21-10-11-25-17-9-5-4-8-16(17)21/h2-3,6-7,16-17H,4-5,8-12H2,1H3/t16-,17-/m1/s1. The smallest absolute Gasteiger partial charge is 0.275 e. The van der Waals surface area contributed by atoms with Crippen molar-refractivity contribution in [3.8, 4) is 0 Å². The predicted molar refractivity (Wildman–Crippen MR) is 94.4 cm³/mol. The Labute approximate surface area is 146 Å². The number of hydrogen-bond donors (Lipinski definition) is 0. The van der Waals surface area contributed by atoms with E-state index < -0.39 is 0 Å². The molecule has 0 radical (unpaired) electrons. The topological polar surface area (TPSA) is 64.4 Å². The number of ether oxygens (including phenoxy) is 1. The monoisotopic (exact) mass is 341 g/mol. The van der Waals surface area contributed by atoms with Crippen LogP contribution in [0.5, 0.6) is 0 Å². The molecule has 1 aromatic carbocycles. The van der Waals surface area contributed by atoms with Crippen molar-refractivity contribution in [1.29, 1.82) is 0 Å². The van der Waals surface area contributed by atoms with Gasteiger partial charge in [0, 0.05) is 11.9 Å². The number of carbonyl (C=O) groups is 1. The van der Waals surface area contributed by atoms with Crippen molar-refractivity contribution in [2.24, 2.45) is 0 Å². The molecule has 2 heterocycles. The largest absolute Gasteiger partial charge is 0.374 e. The second-order valence-corrected chi connectivity index (χ2v) is 6.94. The van der Waals surface area contributed by atoms with E-state index in [9.17, 15) is 9.59 Å². The van der Waals surface area contributed by atoms with Gasteiger partial charge in [-0.25, -0.2) is 4.68 Å². The number of amides is 1. The Balaban J connectivity index is 1.61. The lowest BCUT2D eigenvalue weighted by Crippen LogP contribution is -2.55. The highest BCUT2D eigenvalue weighted by molar-refractivity contribution is 5.83. The molecule has 25 heavy (non-hydrogen) atoms. The van der Waals surface area contributed by atoms with E-state index in [-0.39, 0.29) is 30.2 Å². The lowest BCUT2D eigenvalue weighted by atomic mass is 9.90. The van der Waals surface area contributed by atoms with Crippen LogP contribution in [0.25, 0.3) is 10.8 Å². The van der Waals surface area contributed by atoms with E-state index in [0.717, 1.165) is 36.8 Å². The molecule has 0 spiro atoms. The molecule has 6 heteroatoms. The van der Waals surface area contributed by atoms with Crippen molar-refractivity contribution in [3.05, 3.63) is 40.3 Å². The van der Waals surface area contributed by atoms with Gasteiger partial charge in [0.15, 0.2) is 0 Å². The molecule has 1 saturated heterocycles. The highest BCUT2D eigenvalue weighted by atomic mass is 16.5. The molecule has 4 rings (SSSR count). The maximum atomic E-state index is 12.9. The van der Waals surface area contributed by atoms with E-state index in [4.69, 9.17) is 4.74 Å². The average molecular weight is 341 g/mol. The van der Waals surface area contributed by atoms with Gasteiger partial charge in [0.05, 0.1) is 29.8 Å². The van der Waals surface area contributed by atoms with Crippen molar-refractivity contribution < 1.29 is 9.53 Å². The summed E-state index contributed by atoms with van der Waals surface area (Å²) in [5.74, 6) is -0.0375. The second kappa shape index (κ2) is 6.59. The van der Waals surface area contributed by atoms with Crippen LogP contribution in [0.2, 0.25) is 0 Å². The van der Waals surface area contributed by atoms with E-state index in [0.29, 0.717) is 18.5 Å². The Morgan fingerprint density at radius 2 is 2.00 bits per heavy atom. The molecule has 2 fully saturated rings. The van der Waals surface area contributed by atoms with Crippen LogP contribution in [-0.4, -0.2) is 45.9 Å². The van der Waals surface area contributed by atoms with Crippen LogP contribution in [0.15, 0.2) is 29.1 Å². The number of nitrogens with zero attached hydrogens (tertiary/aromatic N) is 3. The normalized spacial score (nSPS) is 23.5. The number of morpholine rings is 1. The van der Waals surface area contributed by atoms with Gasteiger partial charge in [0.25, 0.3) is 5.56 Å². The molecule has 2 aliphatic rings. The lowest BCUT2D eigenvalue weighted by molar-refractivity contribution is -0.150. The fourth-order valence-corrected chi connectivity index (χ4v) is 4.14. The Bertz CT molecular complexity index is 859. The van der Waals surface area contributed by atoms with Crippen LogP contribution in [0.4, 0.5) is 0 Å². The molecule has 1 aliphatic carbocycles. The number of hydrogen-bond acceptors (Lipinski definition) is 4. The van der Waals surface area contributed by atoms with E-state index in [1.165, 1.54) is 4.68 Å². The highest BCUT2D eigenvalue weighted by Gasteiger charge is 2.36. The van der Waals surface area contributed by atoms with Crippen molar-refractivity contribution in [3.63, 3.8) is 0 Å². The number of aryl methyl sites for hydroxylation is 1. The van der Waals surface area contributed by atoms with Gasteiger partial charge in [-0.05, 0) is 25.8 Å². The molecule has 0 unspecified atom stereocenters.